The second kappa shape index (κ2) is 5.01. The first-order chi connectivity index (χ1) is 8.79. The van der Waals surface area contributed by atoms with Gasteiger partial charge in [0.15, 0.2) is 5.82 Å². The molecule has 1 aliphatic heterocycles. The van der Waals surface area contributed by atoms with Gasteiger partial charge in [-0.15, -0.1) is 0 Å². The van der Waals surface area contributed by atoms with E-state index in [0.717, 1.165) is 31.3 Å². The maximum absolute atomic E-state index is 12.4. The summed E-state index contributed by atoms with van der Waals surface area (Å²) in [5.74, 6) is 0.568. The molecule has 2 fully saturated rings. The van der Waals surface area contributed by atoms with E-state index in [1.54, 1.807) is 12.4 Å². The molecule has 0 aromatic carbocycles. The van der Waals surface area contributed by atoms with E-state index in [9.17, 15) is 4.79 Å². The van der Waals surface area contributed by atoms with E-state index in [4.69, 9.17) is 4.74 Å². The lowest BCUT2D eigenvalue weighted by molar-refractivity contribution is 0.0566. The Hall–Kier alpha value is -0.880. The van der Waals surface area contributed by atoms with Crippen molar-refractivity contribution in [3.63, 3.8) is 0 Å². The van der Waals surface area contributed by atoms with Crippen LogP contribution < -0.4 is 10.5 Å². The second-order valence-electron chi connectivity index (χ2n) is 4.79. The van der Waals surface area contributed by atoms with Gasteiger partial charge in [0, 0.05) is 36.9 Å². The predicted molar refractivity (Wildman–Crippen MR) is 72.5 cm³/mol. The number of hydrogen-bond acceptors (Lipinski definition) is 4. The smallest absolute Gasteiger partial charge is 0.293 e. The van der Waals surface area contributed by atoms with Crippen molar-refractivity contribution in [3.05, 3.63) is 22.7 Å². The summed E-state index contributed by atoms with van der Waals surface area (Å²) in [5.41, 5.74) is 0.0372. The van der Waals surface area contributed by atoms with Gasteiger partial charge in [0.2, 0.25) is 0 Å². The lowest BCUT2D eigenvalue weighted by Gasteiger charge is -2.32. The van der Waals surface area contributed by atoms with Crippen LogP contribution in [0.2, 0.25) is 0 Å². The summed E-state index contributed by atoms with van der Waals surface area (Å²) in [7, 11) is 0. The fraction of sp³-hybridized carbons (Fsp3) is 0.667. The molecule has 0 bridgehead atoms. The average Bonchev–Trinajstić information content (AvgIpc) is 3.23. The molecule has 0 radical (unpaired) electrons. The molecule has 2 aliphatic rings. The fourth-order valence-electron chi connectivity index (χ4n) is 2.28. The summed E-state index contributed by atoms with van der Waals surface area (Å²) in [4.78, 5) is 18.7. The SMILES string of the molecule is O=c1c(N2CCOC(CBr)C2)nccn1C1CC1. The molecule has 1 atom stereocenters. The van der Waals surface area contributed by atoms with Crippen molar-refractivity contribution in [3.8, 4) is 0 Å². The molecule has 1 saturated carbocycles. The van der Waals surface area contributed by atoms with E-state index in [2.05, 4.69) is 20.9 Å². The van der Waals surface area contributed by atoms with E-state index >= 15 is 0 Å². The molecule has 0 amide bonds. The quantitative estimate of drug-likeness (QED) is 0.786. The predicted octanol–water partition coefficient (Wildman–Crippen LogP) is 1.18. The number of hydrogen-bond donors (Lipinski definition) is 0. The second-order valence-corrected chi connectivity index (χ2v) is 5.44. The summed E-state index contributed by atoms with van der Waals surface area (Å²) >= 11 is 3.42. The number of halogens is 1. The zero-order valence-corrected chi connectivity index (χ0v) is 11.7. The number of rotatable bonds is 3. The van der Waals surface area contributed by atoms with Crippen LogP contribution in [0.4, 0.5) is 5.82 Å². The Morgan fingerprint density at radius 3 is 3.06 bits per heavy atom. The van der Waals surface area contributed by atoms with Gasteiger partial charge in [0.25, 0.3) is 5.56 Å². The highest BCUT2D eigenvalue weighted by atomic mass is 79.9. The minimum Gasteiger partial charge on any atom is -0.374 e. The third-order valence-electron chi connectivity index (χ3n) is 3.40. The molecule has 1 saturated heterocycles. The summed E-state index contributed by atoms with van der Waals surface area (Å²) in [5, 5.41) is 0.785. The number of nitrogens with zero attached hydrogens (tertiary/aromatic N) is 3. The van der Waals surface area contributed by atoms with Crippen molar-refractivity contribution in [2.45, 2.75) is 25.0 Å². The maximum Gasteiger partial charge on any atom is 0.293 e. The van der Waals surface area contributed by atoms with Gasteiger partial charge >= 0.3 is 0 Å². The molecule has 6 heteroatoms. The standard InChI is InChI=1S/C12H16BrN3O2/c13-7-10-8-15(5-6-18-10)11-12(17)16(4-3-14-11)9-1-2-9/h3-4,9-10H,1-2,5-8H2. The van der Waals surface area contributed by atoms with Crippen LogP contribution in [0.1, 0.15) is 18.9 Å². The van der Waals surface area contributed by atoms with Crippen LogP contribution in [0.15, 0.2) is 17.2 Å². The van der Waals surface area contributed by atoms with Gasteiger partial charge in [0.1, 0.15) is 0 Å². The van der Waals surface area contributed by atoms with Gasteiger partial charge in [-0.25, -0.2) is 4.98 Å². The molecule has 1 aromatic rings. The minimum absolute atomic E-state index is 0.0372. The van der Waals surface area contributed by atoms with Gasteiger partial charge in [-0.05, 0) is 12.8 Å². The Labute approximate surface area is 114 Å². The lowest BCUT2D eigenvalue weighted by atomic mass is 10.3. The summed E-state index contributed by atoms with van der Waals surface area (Å²) in [6.07, 6.45) is 5.88. The van der Waals surface area contributed by atoms with Crippen LogP contribution in [-0.2, 0) is 4.74 Å². The first-order valence-corrected chi connectivity index (χ1v) is 7.41. The van der Waals surface area contributed by atoms with E-state index in [1.165, 1.54) is 0 Å². The summed E-state index contributed by atoms with van der Waals surface area (Å²) < 4.78 is 7.40. The van der Waals surface area contributed by atoms with Crippen molar-refractivity contribution >= 4 is 21.7 Å². The molecular formula is C12H16BrN3O2. The highest BCUT2D eigenvalue weighted by molar-refractivity contribution is 9.09. The Morgan fingerprint density at radius 1 is 1.50 bits per heavy atom. The highest BCUT2D eigenvalue weighted by Crippen LogP contribution is 2.33. The van der Waals surface area contributed by atoms with Gasteiger partial charge in [-0.2, -0.15) is 0 Å². The number of aromatic nitrogens is 2. The highest BCUT2D eigenvalue weighted by Gasteiger charge is 2.28. The molecule has 1 unspecified atom stereocenters. The van der Waals surface area contributed by atoms with Gasteiger partial charge < -0.3 is 14.2 Å². The average molecular weight is 314 g/mol. The third kappa shape index (κ3) is 2.31. The topological polar surface area (TPSA) is 47.4 Å². The van der Waals surface area contributed by atoms with Crippen LogP contribution in [0.5, 0.6) is 0 Å². The molecule has 18 heavy (non-hydrogen) atoms. The Bertz CT molecular complexity index is 486. The normalized spacial score (nSPS) is 24.3. The van der Waals surface area contributed by atoms with E-state index in [0.29, 0.717) is 18.5 Å². The molecule has 2 heterocycles. The first kappa shape index (κ1) is 12.2. The van der Waals surface area contributed by atoms with Crippen molar-refractivity contribution in [2.24, 2.45) is 0 Å². The van der Waals surface area contributed by atoms with Gasteiger partial charge in [-0.3, -0.25) is 4.79 Å². The molecular weight excluding hydrogens is 298 g/mol. The summed E-state index contributed by atoms with van der Waals surface area (Å²) in [6.45, 7) is 2.11. The van der Waals surface area contributed by atoms with Crippen molar-refractivity contribution < 1.29 is 4.74 Å². The van der Waals surface area contributed by atoms with Crippen LogP contribution >= 0.6 is 15.9 Å². The van der Waals surface area contributed by atoms with Crippen molar-refractivity contribution in [1.29, 1.82) is 0 Å². The molecule has 0 N–H and O–H groups in total. The zero-order chi connectivity index (χ0) is 12.5. The number of anilines is 1. The van der Waals surface area contributed by atoms with Crippen LogP contribution in [0, 0.1) is 0 Å². The fourth-order valence-corrected chi connectivity index (χ4v) is 2.67. The number of morpholine rings is 1. The molecule has 5 nitrogen and oxygen atoms in total. The Balaban J connectivity index is 1.87. The number of alkyl halides is 1. The Morgan fingerprint density at radius 2 is 2.33 bits per heavy atom. The molecule has 1 aromatic heterocycles. The van der Waals surface area contributed by atoms with Crippen molar-refractivity contribution in [1.82, 2.24) is 9.55 Å². The molecule has 3 rings (SSSR count). The molecule has 0 spiro atoms. The van der Waals surface area contributed by atoms with Crippen LogP contribution in [-0.4, -0.2) is 40.7 Å². The monoisotopic (exact) mass is 313 g/mol. The van der Waals surface area contributed by atoms with E-state index in [1.807, 2.05) is 9.47 Å². The van der Waals surface area contributed by atoms with E-state index < -0.39 is 0 Å². The van der Waals surface area contributed by atoms with Crippen LogP contribution in [0.25, 0.3) is 0 Å². The lowest BCUT2D eigenvalue weighted by Crippen LogP contribution is -2.46. The first-order valence-electron chi connectivity index (χ1n) is 6.29. The number of ether oxygens (including phenoxy) is 1. The largest absolute Gasteiger partial charge is 0.374 e. The van der Waals surface area contributed by atoms with Gasteiger partial charge in [-0.1, -0.05) is 15.9 Å². The molecule has 1 aliphatic carbocycles. The van der Waals surface area contributed by atoms with E-state index in [-0.39, 0.29) is 11.7 Å². The van der Waals surface area contributed by atoms with Gasteiger partial charge in [0.05, 0.1) is 12.7 Å². The third-order valence-corrected chi connectivity index (χ3v) is 4.12. The Kier molecular flexibility index (Phi) is 3.39. The zero-order valence-electron chi connectivity index (χ0n) is 10.1. The maximum atomic E-state index is 12.4. The summed E-state index contributed by atoms with van der Waals surface area (Å²) in [6, 6.07) is 0.396. The van der Waals surface area contributed by atoms with Crippen LogP contribution in [0.3, 0.4) is 0 Å². The van der Waals surface area contributed by atoms with Crippen molar-refractivity contribution in [2.75, 3.05) is 29.9 Å². The minimum atomic E-state index is 0.0372. The molecule has 98 valence electrons.